The van der Waals surface area contributed by atoms with Crippen LogP contribution < -0.4 is 10.2 Å². The second-order valence-corrected chi connectivity index (χ2v) is 8.26. The van der Waals surface area contributed by atoms with Crippen molar-refractivity contribution in [3.05, 3.63) is 87.7 Å². The van der Waals surface area contributed by atoms with Gasteiger partial charge in [-0.05, 0) is 92.7 Å². The van der Waals surface area contributed by atoms with E-state index in [4.69, 9.17) is 23.8 Å². The van der Waals surface area contributed by atoms with Crippen LogP contribution in [0.2, 0.25) is 5.02 Å². The van der Waals surface area contributed by atoms with Gasteiger partial charge in [0.25, 0.3) is 11.8 Å². The first-order chi connectivity index (χ1) is 14.8. The minimum atomic E-state index is -0.504. The fourth-order valence-electron chi connectivity index (χ4n) is 3.74. The molecule has 4 rings (SSSR count). The van der Waals surface area contributed by atoms with Crippen LogP contribution >= 0.6 is 23.8 Å². The molecule has 31 heavy (non-hydrogen) atoms. The molecule has 1 fully saturated rings. The van der Waals surface area contributed by atoms with Crippen molar-refractivity contribution in [2.75, 3.05) is 4.90 Å². The Morgan fingerprint density at radius 1 is 0.968 bits per heavy atom. The maximum atomic E-state index is 13.3. The molecule has 0 aliphatic carbocycles. The summed E-state index contributed by atoms with van der Waals surface area (Å²) in [6.07, 6.45) is 1.62. The number of carbonyl (C=O) groups is 2. The van der Waals surface area contributed by atoms with Crippen LogP contribution in [0.5, 0.6) is 0 Å². The third-order valence-electron chi connectivity index (χ3n) is 5.22. The molecule has 1 aromatic heterocycles. The van der Waals surface area contributed by atoms with Crippen LogP contribution in [-0.2, 0) is 9.59 Å². The smallest absolute Gasteiger partial charge is 0.270 e. The maximum absolute atomic E-state index is 13.3. The molecule has 0 saturated carbocycles. The molecule has 1 aliphatic heterocycles. The molecule has 2 aromatic carbocycles. The number of aryl methyl sites for hydroxylation is 2. The average Bonchev–Trinajstić information content (AvgIpc) is 2.99. The summed E-state index contributed by atoms with van der Waals surface area (Å²) < 4.78 is 2.05. The van der Waals surface area contributed by atoms with Gasteiger partial charge in [-0.2, -0.15) is 0 Å². The number of amides is 2. The van der Waals surface area contributed by atoms with Gasteiger partial charge in [0.15, 0.2) is 5.11 Å². The van der Waals surface area contributed by atoms with Crippen LogP contribution in [0.4, 0.5) is 5.69 Å². The lowest BCUT2D eigenvalue weighted by atomic mass is 10.1. The molecular formula is C24H20ClN3O2S. The topological polar surface area (TPSA) is 54.3 Å². The van der Waals surface area contributed by atoms with Crippen molar-refractivity contribution in [1.29, 1.82) is 0 Å². The largest absolute Gasteiger partial charge is 0.318 e. The van der Waals surface area contributed by atoms with E-state index in [2.05, 4.69) is 9.88 Å². The Morgan fingerprint density at radius 2 is 1.68 bits per heavy atom. The second kappa shape index (κ2) is 8.13. The first-order valence-electron chi connectivity index (χ1n) is 9.69. The van der Waals surface area contributed by atoms with E-state index in [1.54, 1.807) is 12.1 Å². The van der Waals surface area contributed by atoms with Crippen LogP contribution in [0.15, 0.2) is 60.2 Å². The highest BCUT2D eigenvalue weighted by molar-refractivity contribution is 7.80. The highest BCUT2D eigenvalue weighted by Crippen LogP contribution is 2.27. The summed E-state index contributed by atoms with van der Waals surface area (Å²) in [6.45, 7) is 5.85. The summed E-state index contributed by atoms with van der Waals surface area (Å²) in [5, 5.41) is 3.37. The van der Waals surface area contributed by atoms with Gasteiger partial charge in [-0.25, -0.2) is 0 Å². The minimum absolute atomic E-state index is 0.0338. The Balaban J connectivity index is 1.76. The van der Waals surface area contributed by atoms with E-state index in [-0.39, 0.29) is 10.7 Å². The molecule has 5 nitrogen and oxygen atoms in total. The van der Waals surface area contributed by atoms with Crippen molar-refractivity contribution >= 4 is 52.5 Å². The predicted molar refractivity (Wildman–Crippen MR) is 128 cm³/mol. The first-order valence-corrected chi connectivity index (χ1v) is 10.5. The van der Waals surface area contributed by atoms with Gasteiger partial charge in [-0.3, -0.25) is 19.8 Å². The molecule has 0 atom stereocenters. The zero-order valence-electron chi connectivity index (χ0n) is 17.3. The number of thiocarbonyl (C=S) groups is 1. The van der Waals surface area contributed by atoms with E-state index in [1.807, 2.05) is 69.3 Å². The molecule has 1 aliphatic rings. The van der Waals surface area contributed by atoms with Gasteiger partial charge >= 0.3 is 0 Å². The fraction of sp³-hybridized carbons (Fsp3) is 0.125. The molecular weight excluding hydrogens is 430 g/mol. The lowest BCUT2D eigenvalue weighted by molar-refractivity contribution is -0.122. The number of halogens is 1. The van der Waals surface area contributed by atoms with Crippen molar-refractivity contribution in [3.63, 3.8) is 0 Å². The number of carbonyl (C=O) groups excluding carboxylic acids is 2. The summed E-state index contributed by atoms with van der Waals surface area (Å²) >= 11 is 11.3. The number of nitrogens with zero attached hydrogens (tertiary/aromatic N) is 2. The molecule has 1 saturated heterocycles. The SMILES string of the molecule is Cc1cccc(N2C(=O)/C(=C\c3cc(C)n(-c4ccc(Cl)cc4)c3C)C(=O)NC2=S)c1. The second-order valence-electron chi connectivity index (χ2n) is 7.44. The summed E-state index contributed by atoms with van der Waals surface area (Å²) in [6, 6.07) is 16.9. The van der Waals surface area contributed by atoms with Crippen LogP contribution in [0.25, 0.3) is 11.8 Å². The highest BCUT2D eigenvalue weighted by atomic mass is 35.5. The molecule has 2 amide bonds. The predicted octanol–water partition coefficient (Wildman–Crippen LogP) is 4.89. The van der Waals surface area contributed by atoms with Gasteiger partial charge in [-0.15, -0.1) is 0 Å². The van der Waals surface area contributed by atoms with Gasteiger partial charge in [0.2, 0.25) is 0 Å². The summed E-state index contributed by atoms with van der Waals surface area (Å²) in [7, 11) is 0. The van der Waals surface area contributed by atoms with Crippen LogP contribution in [-0.4, -0.2) is 21.5 Å². The Bertz CT molecular complexity index is 1260. The van der Waals surface area contributed by atoms with E-state index in [0.717, 1.165) is 28.2 Å². The van der Waals surface area contributed by atoms with E-state index >= 15 is 0 Å². The highest BCUT2D eigenvalue weighted by Gasteiger charge is 2.34. The molecule has 3 aromatic rings. The fourth-order valence-corrected chi connectivity index (χ4v) is 4.14. The molecule has 0 unspecified atom stereocenters. The summed E-state index contributed by atoms with van der Waals surface area (Å²) in [4.78, 5) is 27.3. The zero-order valence-corrected chi connectivity index (χ0v) is 18.8. The lowest BCUT2D eigenvalue weighted by Crippen LogP contribution is -2.54. The minimum Gasteiger partial charge on any atom is -0.318 e. The van der Waals surface area contributed by atoms with Gasteiger partial charge in [0.05, 0.1) is 5.69 Å². The third kappa shape index (κ3) is 3.92. The van der Waals surface area contributed by atoms with E-state index in [0.29, 0.717) is 10.7 Å². The van der Waals surface area contributed by atoms with Crippen molar-refractivity contribution < 1.29 is 9.59 Å². The van der Waals surface area contributed by atoms with Gasteiger partial charge in [0, 0.05) is 22.1 Å². The van der Waals surface area contributed by atoms with Crippen molar-refractivity contribution in [1.82, 2.24) is 9.88 Å². The van der Waals surface area contributed by atoms with Crippen LogP contribution in [0, 0.1) is 20.8 Å². The molecule has 156 valence electrons. The zero-order chi connectivity index (χ0) is 22.3. The standard InChI is InChI=1S/C24H20ClN3O2S/c1-14-5-4-6-20(11-14)28-23(30)21(22(29)26-24(28)31)13-17-12-15(2)27(16(17)3)19-9-7-18(25)8-10-19/h4-13H,1-3H3,(H,26,29,31)/b21-13-. The Labute approximate surface area is 190 Å². The number of hydrogen-bond acceptors (Lipinski definition) is 3. The quantitative estimate of drug-likeness (QED) is 0.352. The Hall–Kier alpha value is -3.22. The van der Waals surface area contributed by atoms with E-state index < -0.39 is 11.8 Å². The van der Waals surface area contributed by atoms with Gasteiger partial charge in [0.1, 0.15) is 5.57 Å². The summed E-state index contributed by atoms with van der Waals surface area (Å²) in [5.41, 5.74) is 5.25. The van der Waals surface area contributed by atoms with Gasteiger partial charge in [-0.1, -0.05) is 23.7 Å². The molecule has 0 bridgehead atoms. The van der Waals surface area contributed by atoms with Gasteiger partial charge < -0.3 is 4.57 Å². The van der Waals surface area contributed by atoms with Crippen LogP contribution in [0.1, 0.15) is 22.5 Å². The Morgan fingerprint density at radius 3 is 2.35 bits per heavy atom. The van der Waals surface area contributed by atoms with Crippen LogP contribution in [0.3, 0.4) is 0 Å². The third-order valence-corrected chi connectivity index (χ3v) is 5.75. The Kier molecular flexibility index (Phi) is 5.52. The van der Waals surface area contributed by atoms with Crippen molar-refractivity contribution in [3.8, 4) is 5.69 Å². The number of aromatic nitrogens is 1. The monoisotopic (exact) mass is 449 g/mol. The lowest BCUT2D eigenvalue weighted by Gasteiger charge is -2.29. The molecule has 0 radical (unpaired) electrons. The van der Waals surface area contributed by atoms with Crippen molar-refractivity contribution in [2.24, 2.45) is 0 Å². The number of anilines is 1. The van der Waals surface area contributed by atoms with E-state index in [1.165, 1.54) is 4.90 Å². The average molecular weight is 450 g/mol. The normalized spacial score (nSPS) is 15.5. The molecule has 2 heterocycles. The number of rotatable bonds is 3. The number of hydrogen-bond donors (Lipinski definition) is 1. The van der Waals surface area contributed by atoms with E-state index in [9.17, 15) is 9.59 Å². The maximum Gasteiger partial charge on any atom is 0.270 e. The number of nitrogens with one attached hydrogen (secondary N) is 1. The summed E-state index contributed by atoms with van der Waals surface area (Å²) in [5.74, 6) is -0.953. The number of benzene rings is 2. The molecule has 0 spiro atoms. The van der Waals surface area contributed by atoms with Crippen molar-refractivity contribution in [2.45, 2.75) is 20.8 Å². The molecule has 7 heteroatoms. The first kappa shape index (κ1) is 21.0. The molecule has 1 N–H and O–H groups in total.